The molecule has 0 saturated heterocycles. The van der Waals surface area contributed by atoms with E-state index in [0.29, 0.717) is 0 Å². The molecule has 0 heterocycles. The minimum Gasteiger partial charge on any atom is -0.462 e. The Labute approximate surface area is 80.7 Å². The molecule has 1 aliphatic carbocycles. The lowest BCUT2D eigenvalue weighted by atomic mass is 10.1. The lowest BCUT2D eigenvalue weighted by molar-refractivity contribution is -0.153. The van der Waals surface area contributed by atoms with Gasteiger partial charge in [0.1, 0.15) is 0 Å². The summed E-state index contributed by atoms with van der Waals surface area (Å²) in [5.74, 6) is 0.248. The van der Waals surface area contributed by atoms with Gasteiger partial charge in [-0.1, -0.05) is 26.2 Å². The van der Waals surface area contributed by atoms with Crippen LogP contribution in [0.15, 0.2) is 0 Å². The third-order valence-electron chi connectivity index (χ3n) is 2.70. The van der Waals surface area contributed by atoms with Crippen molar-refractivity contribution < 1.29 is 9.53 Å². The van der Waals surface area contributed by atoms with Crippen molar-refractivity contribution in [3.8, 4) is 0 Å². The molecule has 0 N–H and O–H groups in total. The topological polar surface area (TPSA) is 26.3 Å². The SMILES string of the molecule is CCCC(C)OC(=O)C1CCCC1. The standard InChI is InChI=1S/C11H20O2/c1-3-6-9(2)13-11(12)10-7-4-5-8-10/h9-10H,3-8H2,1-2H3. The monoisotopic (exact) mass is 184 g/mol. The van der Waals surface area contributed by atoms with E-state index in [4.69, 9.17) is 4.74 Å². The molecule has 1 aliphatic rings. The van der Waals surface area contributed by atoms with Crippen molar-refractivity contribution in [1.82, 2.24) is 0 Å². The van der Waals surface area contributed by atoms with E-state index in [-0.39, 0.29) is 18.0 Å². The average molecular weight is 184 g/mol. The van der Waals surface area contributed by atoms with Crippen LogP contribution in [0.3, 0.4) is 0 Å². The fourth-order valence-corrected chi connectivity index (χ4v) is 1.92. The van der Waals surface area contributed by atoms with Crippen LogP contribution in [0.4, 0.5) is 0 Å². The lowest BCUT2D eigenvalue weighted by Gasteiger charge is -2.15. The van der Waals surface area contributed by atoms with Crippen molar-refractivity contribution in [2.24, 2.45) is 5.92 Å². The van der Waals surface area contributed by atoms with Crippen LogP contribution >= 0.6 is 0 Å². The molecule has 1 saturated carbocycles. The van der Waals surface area contributed by atoms with Crippen molar-refractivity contribution in [1.29, 1.82) is 0 Å². The third kappa shape index (κ3) is 3.37. The summed E-state index contributed by atoms with van der Waals surface area (Å²) in [6, 6.07) is 0. The molecular weight excluding hydrogens is 164 g/mol. The molecule has 1 unspecified atom stereocenters. The van der Waals surface area contributed by atoms with Crippen molar-refractivity contribution in [3.63, 3.8) is 0 Å². The van der Waals surface area contributed by atoms with Gasteiger partial charge in [-0.25, -0.2) is 0 Å². The minimum atomic E-state index is 0.0402. The maximum absolute atomic E-state index is 11.5. The molecule has 1 atom stereocenters. The predicted octanol–water partition coefficient (Wildman–Crippen LogP) is 2.91. The Morgan fingerprint density at radius 3 is 2.62 bits per heavy atom. The number of esters is 1. The molecule has 2 heteroatoms. The first-order chi connectivity index (χ1) is 6.24. The van der Waals surface area contributed by atoms with Crippen LogP contribution in [-0.4, -0.2) is 12.1 Å². The molecule has 13 heavy (non-hydrogen) atoms. The van der Waals surface area contributed by atoms with E-state index in [1.54, 1.807) is 0 Å². The quantitative estimate of drug-likeness (QED) is 0.628. The van der Waals surface area contributed by atoms with Gasteiger partial charge in [0.15, 0.2) is 0 Å². The Balaban J connectivity index is 2.23. The first kappa shape index (κ1) is 10.6. The van der Waals surface area contributed by atoms with Gasteiger partial charge in [-0.05, 0) is 26.2 Å². The van der Waals surface area contributed by atoms with Gasteiger partial charge in [0, 0.05) is 0 Å². The fourth-order valence-electron chi connectivity index (χ4n) is 1.92. The summed E-state index contributed by atoms with van der Waals surface area (Å²) >= 11 is 0. The summed E-state index contributed by atoms with van der Waals surface area (Å²) < 4.78 is 5.34. The molecule has 0 spiro atoms. The van der Waals surface area contributed by atoms with E-state index < -0.39 is 0 Å². The third-order valence-corrected chi connectivity index (χ3v) is 2.70. The molecule has 0 aromatic heterocycles. The number of carbonyl (C=O) groups is 1. The van der Waals surface area contributed by atoms with Gasteiger partial charge in [-0.3, -0.25) is 4.79 Å². The molecule has 0 bridgehead atoms. The van der Waals surface area contributed by atoms with E-state index in [2.05, 4.69) is 6.92 Å². The van der Waals surface area contributed by atoms with Crippen LogP contribution in [-0.2, 0) is 9.53 Å². The van der Waals surface area contributed by atoms with Gasteiger partial charge in [0.2, 0.25) is 0 Å². The summed E-state index contributed by atoms with van der Waals surface area (Å²) in [7, 11) is 0. The van der Waals surface area contributed by atoms with Crippen LogP contribution in [0, 0.1) is 5.92 Å². The maximum atomic E-state index is 11.5. The highest BCUT2D eigenvalue weighted by Gasteiger charge is 2.24. The van der Waals surface area contributed by atoms with Gasteiger partial charge in [0.25, 0.3) is 0 Å². The van der Waals surface area contributed by atoms with E-state index in [9.17, 15) is 4.79 Å². The van der Waals surface area contributed by atoms with E-state index in [1.165, 1.54) is 12.8 Å². The molecule has 0 amide bonds. The predicted molar refractivity (Wildman–Crippen MR) is 52.4 cm³/mol. The fraction of sp³-hybridized carbons (Fsp3) is 0.909. The van der Waals surface area contributed by atoms with E-state index in [0.717, 1.165) is 25.7 Å². The van der Waals surface area contributed by atoms with Gasteiger partial charge in [-0.15, -0.1) is 0 Å². The molecular formula is C11H20O2. The van der Waals surface area contributed by atoms with Crippen LogP contribution in [0.5, 0.6) is 0 Å². The summed E-state index contributed by atoms with van der Waals surface area (Å²) in [4.78, 5) is 11.5. The summed E-state index contributed by atoms with van der Waals surface area (Å²) in [6.07, 6.45) is 6.65. The van der Waals surface area contributed by atoms with Gasteiger partial charge < -0.3 is 4.74 Å². The van der Waals surface area contributed by atoms with Gasteiger partial charge in [0.05, 0.1) is 12.0 Å². The van der Waals surface area contributed by atoms with Crippen LogP contribution in [0.1, 0.15) is 52.4 Å². The average Bonchev–Trinajstić information content (AvgIpc) is 2.55. The van der Waals surface area contributed by atoms with Crippen LogP contribution in [0.2, 0.25) is 0 Å². The van der Waals surface area contributed by atoms with Crippen molar-refractivity contribution in [2.45, 2.75) is 58.5 Å². The van der Waals surface area contributed by atoms with Crippen molar-refractivity contribution in [2.75, 3.05) is 0 Å². The number of carbonyl (C=O) groups excluding carboxylic acids is 1. The normalized spacial score (nSPS) is 20.2. The molecule has 76 valence electrons. The summed E-state index contributed by atoms with van der Waals surface area (Å²) in [6.45, 7) is 4.09. The second-order valence-corrected chi connectivity index (χ2v) is 4.02. The molecule has 0 radical (unpaired) electrons. The summed E-state index contributed by atoms with van der Waals surface area (Å²) in [5, 5.41) is 0. The first-order valence-electron chi connectivity index (χ1n) is 5.44. The van der Waals surface area contributed by atoms with Crippen molar-refractivity contribution >= 4 is 5.97 Å². The highest BCUT2D eigenvalue weighted by atomic mass is 16.5. The molecule has 0 aliphatic heterocycles. The maximum Gasteiger partial charge on any atom is 0.309 e. The van der Waals surface area contributed by atoms with Gasteiger partial charge in [-0.2, -0.15) is 0 Å². The Morgan fingerprint density at radius 1 is 1.46 bits per heavy atom. The van der Waals surface area contributed by atoms with Crippen LogP contribution < -0.4 is 0 Å². The minimum absolute atomic E-state index is 0.0402. The number of hydrogen-bond donors (Lipinski definition) is 0. The molecule has 0 aromatic rings. The number of hydrogen-bond acceptors (Lipinski definition) is 2. The van der Waals surface area contributed by atoms with Gasteiger partial charge >= 0.3 is 5.97 Å². The number of ether oxygens (including phenoxy) is 1. The highest BCUT2D eigenvalue weighted by Crippen LogP contribution is 2.26. The van der Waals surface area contributed by atoms with Crippen molar-refractivity contribution in [3.05, 3.63) is 0 Å². The zero-order chi connectivity index (χ0) is 9.68. The van der Waals surface area contributed by atoms with E-state index in [1.807, 2.05) is 6.92 Å². The first-order valence-corrected chi connectivity index (χ1v) is 5.44. The number of rotatable bonds is 4. The zero-order valence-electron chi connectivity index (χ0n) is 8.71. The molecule has 1 rings (SSSR count). The Bertz CT molecular complexity index is 159. The van der Waals surface area contributed by atoms with E-state index >= 15 is 0 Å². The summed E-state index contributed by atoms with van der Waals surface area (Å²) in [5.41, 5.74) is 0. The second kappa shape index (κ2) is 5.25. The molecule has 0 aromatic carbocycles. The largest absolute Gasteiger partial charge is 0.462 e. The lowest BCUT2D eigenvalue weighted by Crippen LogP contribution is -2.20. The Morgan fingerprint density at radius 2 is 2.08 bits per heavy atom. The molecule has 2 nitrogen and oxygen atoms in total. The highest BCUT2D eigenvalue weighted by molar-refractivity contribution is 5.72. The second-order valence-electron chi connectivity index (χ2n) is 4.02. The Hall–Kier alpha value is -0.530. The van der Waals surface area contributed by atoms with Crippen LogP contribution in [0.25, 0.3) is 0 Å². The molecule has 1 fully saturated rings. The zero-order valence-corrected chi connectivity index (χ0v) is 8.71. The smallest absolute Gasteiger partial charge is 0.309 e. The Kier molecular flexibility index (Phi) is 4.26.